The Kier molecular flexibility index (Phi) is 7.46. The van der Waals surface area contributed by atoms with Gasteiger partial charge >= 0.3 is 0 Å². The normalized spacial score (nSPS) is 10.9. The molecule has 0 radical (unpaired) electrons. The lowest BCUT2D eigenvalue weighted by molar-refractivity contribution is 0.280. The van der Waals surface area contributed by atoms with Gasteiger partial charge in [-0.15, -0.1) is 0 Å². The summed E-state index contributed by atoms with van der Waals surface area (Å²) in [6, 6.07) is 8.32. The van der Waals surface area contributed by atoms with Crippen LogP contribution in [0.4, 0.5) is 0 Å². The molecule has 2 N–H and O–H groups in total. The zero-order chi connectivity index (χ0) is 13.2. The predicted molar refractivity (Wildman–Crippen MR) is 77.1 cm³/mol. The van der Waals surface area contributed by atoms with Crippen molar-refractivity contribution in [1.29, 1.82) is 0 Å². The van der Waals surface area contributed by atoms with Crippen LogP contribution in [0, 0.1) is 0 Å². The number of hydrogen-bond donors (Lipinski definition) is 1. The van der Waals surface area contributed by atoms with Gasteiger partial charge in [0.2, 0.25) is 0 Å². The summed E-state index contributed by atoms with van der Waals surface area (Å²) >= 11 is 0. The van der Waals surface area contributed by atoms with E-state index >= 15 is 0 Å². The standard InChI is InChI=1S/C15H26N2O/c1-3-4-11-17(13-10-16)12-9-14-5-7-15(18-2)8-6-14/h5-8H,3-4,9-13,16H2,1-2H3. The van der Waals surface area contributed by atoms with Crippen LogP contribution < -0.4 is 10.5 Å². The van der Waals surface area contributed by atoms with Crippen LogP contribution in [-0.2, 0) is 6.42 Å². The number of ether oxygens (including phenoxy) is 1. The zero-order valence-electron chi connectivity index (χ0n) is 11.7. The van der Waals surface area contributed by atoms with E-state index < -0.39 is 0 Å². The molecule has 0 aliphatic heterocycles. The van der Waals surface area contributed by atoms with Gasteiger partial charge in [-0.25, -0.2) is 0 Å². The first-order chi connectivity index (χ1) is 8.80. The Bertz CT molecular complexity index is 311. The molecule has 1 aromatic carbocycles. The quantitative estimate of drug-likeness (QED) is 0.731. The minimum absolute atomic E-state index is 0.742. The molecule has 1 rings (SSSR count). The Hall–Kier alpha value is -1.06. The van der Waals surface area contributed by atoms with Gasteiger partial charge in [-0.1, -0.05) is 25.5 Å². The van der Waals surface area contributed by atoms with E-state index in [1.165, 1.54) is 18.4 Å². The molecule has 0 spiro atoms. The smallest absolute Gasteiger partial charge is 0.118 e. The van der Waals surface area contributed by atoms with Crippen LogP contribution in [0.25, 0.3) is 0 Å². The van der Waals surface area contributed by atoms with Crippen molar-refractivity contribution < 1.29 is 4.74 Å². The highest BCUT2D eigenvalue weighted by atomic mass is 16.5. The molecule has 0 amide bonds. The molecule has 1 aromatic rings. The van der Waals surface area contributed by atoms with Gasteiger partial charge in [0.1, 0.15) is 5.75 Å². The second-order valence-corrected chi connectivity index (χ2v) is 4.58. The van der Waals surface area contributed by atoms with E-state index in [4.69, 9.17) is 10.5 Å². The summed E-state index contributed by atoms with van der Waals surface area (Å²) in [5.41, 5.74) is 7.01. The SMILES string of the molecule is CCCCN(CCN)CCc1ccc(OC)cc1. The Balaban J connectivity index is 2.39. The largest absolute Gasteiger partial charge is 0.497 e. The summed E-state index contributed by atoms with van der Waals surface area (Å²) in [7, 11) is 1.70. The van der Waals surface area contributed by atoms with Gasteiger partial charge in [-0.05, 0) is 37.1 Å². The first-order valence-electron chi connectivity index (χ1n) is 6.85. The van der Waals surface area contributed by atoms with E-state index in [0.29, 0.717) is 0 Å². The van der Waals surface area contributed by atoms with E-state index in [0.717, 1.165) is 38.3 Å². The molecule has 0 atom stereocenters. The molecular weight excluding hydrogens is 224 g/mol. The summed E-state index contributed by atoms with van der Waals surface area (Å²) in [5, 5.41) is 0. The number of methoxy groups -OCH3 is 1. The molecule has 0 saturated heterocycles. The third-order valence-corrected chi connectivity index (χ3v) is 3.15. The summed E-state index contributed by atoms with van der Waals surface area (Å²) in [5.74, 6) is 0.920. The van der Waals surface area contributed by atoms with Crippen molar-refractivity contribution in [2.75, 3.05) is 33.3 Å². The first-order valence-corrected chi connectivity index (χ1v) is 6.85. The van der Waals surface area contributed by atoms with Crippen molar-refractivity contribution in [3.05, 3.63) is 29.8 Å². The highest BCUT2D eigenvalue weighted by Gasteiger charge is 2.03. The molecule has 0 aromatic heterocycles. The minimum Gasteiger partial charge on any atom is -0.497 e. The molecule has 0 unspecified atom stereocenters. The van der Waals surface area contributed by atoms with Gasteiger partial charge in [0.15, 0.2) is 0 Å². The molecule has 3 heteroatoms. The van der Waals surface area contributed by atoms with E-state index in [1.54, 1.807) is 7.11 Å². The topological polar surface area (TPSA) is 38.5 Å². The molecule has 0 saturated carbocycles. The molecule has 0 aliphatic rings. The maximum atomic E-state index is 5.65. The predicted octanol–water partition coefficient (Wildman–Crippen LogP) is 2.30. The van der Waals surface area contributed by atoms with Crippen molar-refractivity contribution in [1.82, 2.24) is 4.90 Å². The second-order valence-electron chi connectivity index (χ2n) is 4.58. The fourth-order valence-corrected chi connectivity index (χ4v) is 1.98. The molecule has 0 bridgehead atoms. The van der Waals surface area contributed by atoms with Crippen molar-refractivity contribution in [3.8, 4) is 5.75 Å². The van der Waals surface area contributed by atoms with Crippen molar-refractivity contribution >= 4 is 0 Å². The van der Waals surface area contributed by atoms with E-state index in [2.05, 4.69) is 24.0 Å². The third kappa shape index (κ3) is 5.52. The van der Waals surface area contributed by atoms with Crippen molar-refractivity contribution in [2.24, 2.45) is 5.73 Å². The fraction of sp³-hybridized carbons (Fsp3) is 0.600. The number of hydrogen-bond acceptors (Lipinski definition) is 3. The van der Waals surface area contributed by atoms with E-state index in [-0.39, 0.29) is 0 Å². The molecule has 0 fully saturated rings. The number of unbranched alkanes of at least 4 members (excludes halogenated alkanes) is 1. The molecule has 18 heavy (non-hydrogen) atoms. The van der Waals surface area contributed by atoms with Crippen molar-refractivity contribution in [2.45, 2.75) is 26.2 Å². The highest BCUT2D eigenvalue weighted by molar-refractivity contribution is 5.27. The summed E-state index contributed by atoms with van der Waals surface area (Å²) in [6.07, 6.45) is 3.57. The summed E-state index contributed by atoms with van der Waals surface area (Å²) < 4.78 is 5.16. The number of nitrogens with two attached hydrogens (primary N) is 1. The highest BCUT2D eigenvalue weighted by Crippen LogP contribution is 2.12. The Morgan fingerprint density at radius 3 is 2.39 bits per heavy atom. The van der Waals surface area contributed by atoms with Crippen LogP contribution in [0.3, 0.4) is 0 Å². The fourth-order valence-electron chi connectivity index (χ4n) is 1.98. The van der Waals surface area contributed by atoms with Crippen LogP contribution in [0.1, 0.15) is 25.3 Å². The minimum atomic E-state index is 0.742. The zero-order valence-corrected chi connectivity index (χ0v) is 11.7. The van der Waals surface area contributed by atoms with Gasteiger partial charge in [-0.3, -0.25) is 0 Å². The van der Waals surface area contributed by atoms with Crippen LogP contribution in [0.5, 0.6) is 5.75 Å². The van der Waals surface area contributed by atoms with Crippen LogP contribution in [-0.4, -0.2) is 38.2 Å². The maximum Gasteiger partial charge on any atom is 0.118 e. The number of nitrogens with zero attached hydrogens (tertiary/aromatic N) is 1. The molecule has 0 aliphatic carbocycles. The van der Waals surface area contributed by atoms with E-state index in [1.807, 2.05) is 12.1 Å². The molecule has 0 heterocycles. The van der Waals surface area contributed by atoms with Crippen LogP contribution in [0.2, 0.25) is 0 Å². The maximum absolute atomic E-state index is 5.65. The molecular formula is C15H26N2O. The van der Waals surface area contributed by atoms with Gasteiger partial charge in [-0.2, -0.15) is 0 Å². The molecule has 3 nitrogen and oxygen atoms in total. The summed E-state index contributed by atoms with van der Waals surface area (Å²) in [4.78, 5) is 2.45. The number of benzene rings is 1. The summed E-state index contributed by atoms with van der Waals surface area (Å²) in [6.45, 7) is 6.21. The number of rotatable bonds is 9. The lowest BCUT2D eigenvalue weighted by atomic mass is 10.1. The van der Waals surface area contributed by atoms with Gasteiger partial charge < -0.3 is 15.4 Å². The average Bonchev–Trinajstić information content (AvgIpc) is 2.42. The lowest BCUT2D eigenvalue weighted by Gasteiger charge is -2.21. The Morgan fingerprint density at radius 1 is 1.11 bits per heavy atom. The van der Waals surface area contributed by atoms with Gasteiger partial charge in [0, 0.05) is 19.6 Å². The van der Waals surface area contributed by atoms with Crippen LogP contribution in [0.15, 0.2) is 24.3 Å². The Morgan fingerprint density at radius 2 is 1.83 bits per heavy atom. The van der Waals surface area contributed by atoms with E-state index in [9.17, 15) is 0 Å². The second kappa shape index (κ2) is 8.95. The molecule has 102 valence electrons. The van der Waals surface area contributed by atoms with Gasteiger partial charge in [0.25, 0.3) is 0 Å². The first kappa shape index (κ1) is 15.0. The average molecular weight is 250 g/mol. The third-order valence-electron chi connectivity index (χ3n) is 3.15. The van der Waals surface area contributed by atoms with Crippen molar-refractivity contribution in [3.63, 3.8) is 0 Å². The lowest BCUT2D eigenvalue weighted by Crippen LogP contribution is -2.32. The van der Waals surface area contributed by atoms with Gasteiger partial charge in [0.05, 0.1) is 7.11 Å². The van der Waals surface area contributed by atoms with Crippen LogP contribution >= 0.6 is 0 Å². The Labute approximate surface area is 111 Å². The monoisotopic (exact) mass is 250 g/mol.